The van der Waals surface area contributed by atoms with Crippen LogP contribution in [-0.4, -0.2) is 13.1 Å². The van der Waals surface area contributed by atoms with Gasteiger partial charge < -0.3 is 4.74 Å². The van der Waals surface area contributed by atoms with Gasteiger partial charge in [-0.15, -0.1) is 0 Å². The molecule has 0 aliphatic heterocycles. The molecule has 0 radical (unpaired) electrons. The predicted octanol–water partition coefficient (Wildman–Crippen LogP) is 3.63. The predicted molar refractivity (Wildman–Crippen MR) is 79.5 cm³/mol. The molecule has 2 nitrogen and oxygen atoms in total. The Labute approximate surface area is 119 Å². The maximum atomic E-state index is 11.5. The zero-order valence-corrected chi connectivity index (χ0v) is 11.6. The highest BCUT2D eigenvalue weighted by molar-refractivity contribution is 5.89. The van der Waals surface area contributed by atoms with Crippen LogP contribution in [0.1, 0.15) is 34.3 Å². The maximum Gasteiger partial charge on any atom is 0.337 e. The van der Waals surface area contributed by atoms with E-state index in [2.05, 4.69) is 11.8 Å². The summed E-state index contributed by atoms with van der Waals surface area (Å²) in [5.41, 5.74) is 2.55. The van der Waals surface area contributed by atoms with Crippen molar-refractivity contribution in [3.63, 3.8) is 0 Å². The van der Waals surface area contributed by atoms with Gasteiger partial charge in [0.2, 0.25) is 0 Å². The van der Waals surface area contributed by atoms with E-state index in [1.165, 1.54) is 7.11 Å². The smallest absolute Gasteiger partial charge is 0.337 e. The first kappa shape index (κ1) is 13.9. The van der Waals surface area contributed by atoms with Crippen LogP contribution >= 0.6 is 0 Å². The van der Waals surface area contributed by atoms with E-state index in [-0.39, 0.29) is 11.9 Å². The van der Waals surface area contributed by atoms with Crippen LogP contribution in [0.4, 0.5) is 0 Å². The SMILES string of the molecule is COC(=O)c1cccc([C@@H](C)C#Cc2ccccc2)c1. The molecule has 1 atom stereocenters. The Morgan fingerprint density at radius 3 is 2.55 bits per heavy atom. The van der Waals surface area contributed by atoms with Gasteiger partial charge in [-0.2, -0.15) is 0 Å². The molecule has 2 rings (SSSR count). The van der Waals surface area contributed by atoms with Crippen molar-refractivity contribution in [2.24, 2.45) is 0 Å². The molecule has 2 heteroatoms. The Kier molecular flexibility index (Phi) is 4.57. The first-order chi connectivity index (χ1) is 9.70. The summed E-state index contributed by atoms with van der Waals surface area (Å²) in [6.07, 6.45) is 0. The fraction of sp³-hybridized carbons (Fsp3) is 0.167. The molecule has 0 fully saturated rings. The van der Waals surface area contributed by atoms with E-state index in [1.807, 2.05) is 55.5 Å². The Bertz CT molecular complexity index is 648. The summed E-state index contributed by atoms with van der Waals surface area (Å²) in [6, 6.07) is 17.2. The topological polar surface area (TPSA) is 26.3 Å². The molecule has 0 unspecified atom stereocenters. The minimum absolute atomic E-state index is 0.0554. The quantitative estimate of drug-likeness (QED) is 0.611. The number of carbonyl (C=O) groups is 1. The van der Waals surface area contributed by atoms with Gasteiger partial charge in [0.1, 0.15) is 0 Å². The van der Waals surface area contributed by atoms with Gasteiger partial charge in [0.15, 0.2) is 0 Å². The van der Waals surface area contributed by atoms with Gasteiger partial charge in [0, 0.05) is 11.5 Å². The van der Waals surface area contributed by atoms with Crippen molar-refractivity contribution in [1.82, 2.24) is 0 Å². The lowest BCUT2D eigenvalue weighted by Crippen LogP contribution is -2.02. The van der Waals surface area contributed by atoms with Gasteiger partial charge in [0.05, 0.1) is 12.7 Å². The number of hydrogen-bond donors (Lipinski definition) is 0. The van der Waals surface area contributed by atoms with Crippen molar-refractivity contribution < 1.29 is 9.53 Å². The number of ether oxygens (including phenoxy) is 1. The first-order valence-electron chi connectivity index (χ1n) is 6.45. The number of carbonyl (C=O) groups excluding carboxylic acids is 1. The maximum absolute atomic E-state index is 11.5. The molecule has 0 N–H and O–H groups in total. The summed E-state index contributed by atoms with van der Waals surface area (Å²) in [6.45, 7) is 2.02. The van der Waals surface area contributed by atoms with Gasteiger partial charge in [-0.1, -0.05) is 42.2 Å². The number of rotatable bonds is 2. The second kappa shape index (κ2) is 6.58. The summed E-state index contributed by atoms with van der Waals surface area (Å²) >= 11 is 0. The standard InChI is InChI=1S/C18H16O2/c1-14(11-12-15-7-4-3-5-8-15)16-9-6-10-17(13-16)18(19)20-2/h3-10,13-14H,1-2H3/t14-/m0/s1. The molecule has 2 aromatic rings. The van der Waals surface area contributed by atoms with Crippen molar-refractivity contribution in [1.29, 1.82) is 0 Å². The van der Waals surface area contributed by atoms with Gasteiger partial charge >= 0.3 is 5.97 Å². The number of hydrogen-bond acceptors (Lipinski definition) is 2. The second-order valence-corrected chi connectivity index (χ2v) is 4.47. The number of esters is 1. The van der Waals surface area contributed by atoms with Crippen molar-refractivity contribution in [2.75, 3.05) is 7.11 Å². The van der Waals surface area contributed by atoms with E-state index < -0.39 is 0 Å². The van der Waals surface area contributed by atoms with Gasteiger partial charge in [-0.3, -0.25) is 0 Å². The van der Waals surface area contributed by atoms with Crippen LogP contribution in [0, 0.1) is 11.8 Å². The van der Waals surface area contributed by atoms with Crippen molar-refractivity contribution in [2.45, 2.75) is 12.8 Å². The van der Waals surface area contributed by atoms with Crippen LogP contribution in [0.2, 0.25) is 0 Å². The second-order valence-electron chi connectivity index (χ2n) is 4.47. The molecule has 2 aromatic carbocycles. The Morgan fingerprint density at radius 1 is 1.10 bits per heavy atom. The Hall–Kier alpha value is -2.53. The lowest BCUT2D eigenvalue weighted by atomic mass is 9.99. The van der Waals surface area contributed by atoms with Crippen LogP contribution < -0.4 is 0 Å². The third kappa shape index (κ3) is 3.49. The Morgan fingerprint density at radius 2 is 1.85 bits per heavy atom. The highest BCUT2D eigenvalue weighted by Gasteiger charge is 2.08. The van der Waals surface area contributed by atoms with Crippen molar-refractivity contribution in [3.05, 3.63) is 71.3 Å². The molecular formula is C18H16O2. The average Bonchev–Trinajstić information content (AvgIpc) is 2.53. The highest BCUT2D eigenvalue weighted by atomic mass is 16.5. The van der Waals surface area contributed by atoms with E-state index in [0.717, 1.165) is 11.1 Å². The van der Waals surface area contributed by atoms with Crippen molar-refractivity contribution >= 4 is 5.97 Å². The minimum atomic E-state index is -0.324. The molecule has 0 aliphatic carbocycles. The van der Waals surface area contributed by atoms with Crippen LogP contribution in [0.25, 0.3) is 0 Å². The molecule has 0 aromatic heterocycles. The molecule has 0 amide bonds. The lowest BCUT2D eigenvalue weighted by Gasteiger charge is -2.06. The van der Waals surface area contributed by atoms with E-state index in [0.29, 0.717) is 5.56 Å². The van der Waals surface area contributed by atoms with E-state index in [1.54, 1.807) is 6.07 Å². The summed E-state index contributed by atoms with van der Waals surface area (Å²) in [7, 11) is 1.38. The summed E-state index contributed by atoms with van der Waals surface area (Å²) in [5, 5.41) is 0. The van der Waals surface area contributed by atoms with Gasteiger partial charge in [0.25, 0.3) is 0 Å². The van der Waals surface area contributed by atoms with Gasteiger partial charge in [-0.05, 0) is 36.8 Å². The Balaban J connectivity index is 2.20. The zero-order valence-electron chi connectivity index (χ0n) is 11.6. The molecule has 20 heavy (non-hydrogen) atoms. The molecule has 0 spiro atoms. The van der Waals surface area contributed by atoms with Crippen LogP contribution in [-0.2, 0) is 4.74 Å². The van der Waals surface area contributed by atoms with Crippen LogP contribution in [0.5, 0.6) is 0 Å². The van der Waals surface area contributed by atoms with E-state index >= 15 is 0 Å². The molecule has 100 valence electrons. The average molecular weight is 264 g/mol. The summed E-state index contributed by atoms with van der Waals surface area (Å²) in [4.78, 5) is 11.5. The molecule has 0 saturated carbocycles. The normalized spacial score (nSPS) is 11.1. The largest absolute Gasteiger partial charge is 0.465 e. The van der Waals surface area contributed by atoms with Gasteiger partial charge in [-0.25, -0.2) is 4.79 Å². The number of benzene rings is 2. The summed E-state index contributed by atoms with van der Waals surface area (Å²) < 4.78 is 4.73. The number of methoxy groups -OCH3 is 1. The minimum Gasteiger partial charge on any atom is -0.465 e. The van der Waals surface area contributed by atoms with Crippen molar-refractivity contribution in [3.8, 4) is 11.8 Å². The van der Waals surface area contributed by atoms with Crippen LogP contribution in [0.15, 0.2) is 54.6 Å². The molecule has 0 heterocycles. The first-order valence-corrected chi connectivity index (χ1v) is 6.45. The molecular weight excluding hydrogens is 248 g/mol. The fourth-order valence-electron chi connectivity index (χ4n) is 1.85. The third-order valence-electron chi connectivity index (χ3n) is 3.01. The van der Waals surface area contributed by atoms with E-state index in [4.69, 9.17) is 4.74 Å². The molecule has 0 aliphatic rings. The third-order valence-corrected chi connectivity index (χ3v) is 3.01. The fourth-order valence-corrected chi connectivity index (χ4v) is 1.85. The molecule has 0 bridgehead atoms. The zero-order chi connectivity index (χ0) is 14.4. The molecule has 0 saturated heterocycles. The summed E-state index contributed by atoms with van der Waals surface area (Å²) in [5.74, 6) is 6.07. The lowest BCUT2D eigenvalue weighted by molar-refractivity contribution is 0.0600. The van der Waals surface area contributed by atoms with E-state index in [9.17, 15) is 4.79 Å². The highest BCUT2D eigenvalue weighted by Crippen LogP contribution is 2.16. The van der Waals surface area contributed by atoms with Crippen LogP contribution in [0.3, 0.4) is 0 Å². The monoisotopic (exact) mass is 264 g/mol.